The summed E-state index contributed by atoms with van der Waals surface area (Å²) in [6.45, 7) is 9.80. The van der Waals surface area contributed by atoms with Crippen molar-refractivity contribution in [2.75, 3.05) is 26.7 Å². The minimum Gasteiger partial charge on any atom is -0.468 e. The third kappa shape index (κ3) is 4.58. The van der Waals surface area contributed by atoms with Gasteiger partial charge in [-0.25, -0.2) is 0 Å². The largest absolute Gasteiger partial charge is 0.468 e. The molecule has 1 heterocycles. The van der Waals surface area contributed by atoms with Crippen LogP contribution in [0.15, 0.2) is 0 Å². The fraction of sp³-hybridized carbons (Fsp3) is 0.929. The standard InChI is InChI=1S/C14H28N2O2/c1-5-8-16-9-6-12(7-10-16)15-13(11(2)3)14(17)18-4/h11-13,15H,5-10H2,1-4H3. The van der Waals surface area contributed by atoms with Crippen LogP contribution in [0.5, 0.6) is 0 Å². The molecule has 4 nitrogen and oxygen atoms in total. The third-order valence-electron chi connectivity index (χ3n) is 3.66. The Balaban J connectivity index is 2.40. The summed E-state index contributed by atoms with van der Waals surface area (Å²) in [6.07, 6.45) is 3.47. The molecule has 1 saturated heterocycles. The molecular formula is C14H28N2O2. The van der Waals surface area contributed by atoms with Crippen LogP contribution < -0.4 is 5.32 Å². The first-order chi connectivity index (χ1) is 8.58. The van der Waals surface area contributed by atoms with Gasteiger partial charge in [0.1, 0.15) is 6.04 Å². The quantitative estimate of drug-likeness (QED) is 0.734. The molecule has 0 aromatic carbocycles. The molecule has 1 atom stereocenters. The highest BCUT2D eigenvalue weighted by atomic mass is 16.5. The fourth-order valence-electron chi connectivity index (χ4n) is 2.55. The van der Waals surface area contributed by atoms with Crippen molar-refractivity contribution in [3.05, 3.63) is 0 Å². The van der Waals surface area contributed by atoms with Crippen LogP contribution in [0.1, 0.15) is 40.0 Å². The molecule has 1 N–H and O–H groups in total. The van der Waals surface area contributed by atoms with E-state index in [1.165, 1.54) is 20.1 Å². The van der Waals surface area contributed by atoms with Gasteiger partial charge in [0.2, 0.25) is 0 Å². The van der Waals surface area contributed by atoms with Crippen LogP contribution in [0.25, 0.3) is 0 Å². The summed E-state index contributed by atoms with van der Waals surface area (Å²) in [6, 6.07) is 0.280. The van der Waals surface area contributed by atoms with E-state index in [4.69, 9.17) is 4.74 Å². The molecule has 0 aromatic rings. The maximum atomic E-state index is 11.7. The normalized spacial score (nSPS) is 20.1. The summed E-state index contributed by atoms with van der Waals surface area (Å²) in [5.41, 5.74) is 0. The third-order valence-corrected chi connectivity index (χ3v) is 3.66. The van der Waals surface area contributed by atoms with Gasteiger partial charge in [0.15, 0.2) is 0 Å². The molecule has 0 bridgehead atoms. The molecule has 106 valence electrons. The summed E-state index contributed by atoms with van der Waals surface area (Å²) in [7, 11) is 1.46. The number of nitrogens with one attached hydrogen (secondary N) is 1. The Labute approximate surface area is 111 Å². The number of ether oxygens (including phenoxy) is 1. The van der Waals surface area contributed by atoms with Crippen LogP contribution >= 0.6 is 0 Å². The lowest BCUT2D eigenvalue weighted by Gasteiger charge is -2.34. The number of carbonyl (C=O) groups is 1. The van der Waals surface area contributed by atoms with Crippen LogP contribution in [-0.4, -0.2) is 49.7 Å². The molecular weight excluding hydrogens is 228 g/mol. The number of methoxy groups -OCH3 is 1. The zero-order valence-corrected chi connectivity index (χ0v) is 12.2. The Morgan fingerprint density at radius 2 is 2.00 bits per heavy atom. The highest BCUT2D eigenvalue weighted by molar-refractivity contribution is 5.75. The first kappa shape index (κ1) is 15.4. The predicted molar refractivity (Wildman–Crippen MR) is 73.5 cm³/mol. The van der Waals surface area contributed by atoms with Gasteiger partial charge in [0.25, 0.3) is 0 Å². The lowest BCUT2D eigenvalue weighted by atomic mass is 9.99. The zero-order chi connectivity index (χ0) is 13.5. The number of esters is 1. The van der Waals surface area contributed by atoms with Crippen molar-refractivity contribution in [2.24, 2.45) is 5.92 Å². The Morgan fingerprint density at radius 1 is 1.39 bits per heavy atom. The van der Waals surface area contributed by atoms with Crippen molar-refractivity contribution in [1.29, 1.82) is 0 Å². The summed E-state index contributed by atoms with van der Waals surface area (Å²) >= 11 is 0. The second kappa shape index (κ2) is 7.74. The van der Waals surface area contributed by atoms with Gasteiger partial charge in [0, 0.05) is 6.04 Å². The molecule has 0 radical (unpaired) electrons. The first-order valence-electron chi connectivity index (χ1n) is 7.14. The highest BCUT2D eigenvalue weighted by Gasteiger charge is 2.27. The molecule has 0 aromatic heterocycles. The number of likely N-dealkylation sites (tertiary alicyclic amines) is 1. The Bertz CT molecular complexity index is 248. The average molecular weight is 256 g/mol. The highest BCUT2D eigenvalue weighted by Crippen LogP contribution is 2.14. The number of rotatable bonds is 6. The van der Waals surface area contributed by atoms with E-state index in [0.29, 0.717) is 6.04 Å². The predicted octanol–water partition coefficient (Wildman–Crippen LogP) is 1.65. The molecule has 18 heavy (non-hydrogen) atoms. The monoisotopic (exact) mass is 256 g/mol. The number of hydrogen-bond donors (Lipinski definition) is 1. The summed E-state index contributed by atoms with van der Waals surface area (Å²) < 4.78 is 4.86. The van der Waals surface area contributed by atoms with E-state index >= 15 is 0 Å². The molecule has 0 amide bonds. The molecule has 1 aliphatic heterocycles. The number of hydrogen-bond acceptors (Lipinski definition) is 4. The van der Waals surface area contributed by atoms with Crippen LogP contribution in [-0.2, 0) is 9.53 Å². The Morgan fingerprint density at radius 3 is 2.44 bits per heavy atom. The van der Waals surface area contributed by atoms with Gasteiger partial charge in [0.05, 0.1) is 7.11 Å². The van der Waals surface area contributed by atoms with Gasteiger partial charge in [-0.05, 0) is 44.8 Å². The molecule has 1 aliphatic rings. The summed E-state index contributed by atoms with van der Waals surface area (Å²) in [4.78, 5) is 14.2. The lowest BCUT2D eigenvalue weighted by Crippen LogP contribution is -2.51. The molecule has 4 heteroatoms. The second-order valence-corrected chi connectivity index (χ2v) is 5.53. The van der Waals surface area contributed by atoms with E-state index in [1.54, 1.807) is 0 Å². The van der Waals surface area contributed by atoms with Gasteiger partial charge >= 0.3 is 5.97 Å². The minimum atomic E-state index is -0.169. The first-order valence-corrected chi connectivity index (χ1v) is 7.14. The minimum absolute atomic E-state index is 0.138. The second-order valence-electron chi connectivity index (χ2n) is 5.53. The van der Waals surface area contributed by atoms with Gasteiger partial charge in [-0.1, -0.05) is 20.8 Å². The fourth-order valence-corrected chi connectivity index (χ4v) is 2.55. The Kier molecular flexibility index (Phi) is 6.65. The van der Waals surface area contributed by atoms with E-state index in [1.807, 2.05) is 0 Å². The van der Waals surface area contributed by atoms with Crippen molar-refractivity contribution in [3.63, 3.8) is 0 Å². The summed E-state index contributed by atoms with van der Waals surface area (Å²) in [5.74, 6) is 0.132. The SMILES string of the molecule is CCCN1CCC(NC(C(=O)OC)C(C)C)CC1. The van der Waals surface area contributed by atoms with Crippen LogP contribution in [0.3, 0.4) is 0 Å². The maximum absolute atomic E-state index is 11.7. The van der Waals surface area contributed by atoms with Gasteiger partial charge < -0.3 is 15.0 Å². The Hall–Kier alpha value is -0.610. The van der Waals surface area contributed by atoms with Crippen molar-refractivity contribution >= 4 is 5.97 Å². The van der Waals surface area contributed by atoms with Crippen molar-refractivity contribution in [1.82, 2.24) is 10.2 Å². The lowest BCUT2D eigenvalue weighted by molar-refractivity contribution is -0.144. The number of carbonyl (C=O) groups excluding carboxylic acids is 1. The van der Waals surface area contributed by atoms with Gasteiger partial charge in [-0.3, -0.25) is 4.79 Å². The summed E-state index contributed by atoms with van der Waals surface area (Å²) in [5, 5.41) is 3.47. The number of nitrogens with zero attached hydrogens (tertiary/aromatic N) is 1. The molecule has 1 fully saturated rings. The molecule has 0 saturated carbocycles. The van der Waals surface area contributed by atoms with E-state index in [-0.39, 0.29) is 17.9 Å². The van der Waals surface area contributed by atoms with E-state index in [0.717, 1.165) is 25.9 Å². The molecule has 0 aliphatic carbocycles. The number of piperidine rings is 1. The van der Waals surface area contributed by atoms with E-state index < -0.39 is 0 Å². The maximum Gasteiger partial charge on any atom is 0.323 e. The van der Waals surface area contributed by atoms with Crippen LogP contribution in [0.2, 0.25) is 0 Å². The van der Waals surface area contributed by atoms with Gasteiger partial charge in [-0.15, -0.1) is 0 Å². The van der Waals surface area contributed by atoms with Crippen molar-refractivity contribution in [2.45, 2.75) is 52.1 Å². The molecule has 0 spiro atoms. The van der Waals surface area contributed by atoms with E-state index in [9.17, 15) is 4.79 Å². The molecule has 1 unspecified atom stereocenters. The van der Waals surface area contributed by atoms with Crippen LogP contribution in [0.4, 0.5) is 0 Å². The van der Waals surface area contributed by atoms with E-state index in [2.05, 4.69) is 31.0 Å². The van der Waals surface area contributed by atoms with Crippen molar-refractivity contribution < 1.29 is 9.53 Å². The zero-order valence-electron chi connectivity index (χ0n) is 12.2. The smallest absolute Gasteiger partial charge is 0.323 e. The van der Waals surface area contributed by atoms with Gasteiger partial charge in [-0.2, -0.15) is 0 Å². The molecule has 1 rings (SSSR count). The topological polar surface area (TPSA) is 41.6 Å². The van der Waals surface area contributed by atoms with Crippen LogP contribution in [0, 0.1) is 5.92 Å². The van der Waals surface area contributed by atoms with Crippen molar-refractivity contribution in [3.8, 4) is 0 Å². The average Bonchev–Trinajstić information content (AvgIpc) is 2.37.